The lowest BCUT2D eigenvalue weighted by molar-refractivity contribution is -0.137. The lowest BCUT2D eigenvalue weighted by atomic mass is 10.0. The largest absolute Gasteiger partial charge is 0.417 e. The third-order valence-electron chi connectivity index (χ3n) is 5.57. The van der Waals surface area contributed by atoms with Crippen molar-refractivity contribution in [2.45, 2.75) is 31.6 Å². The summed E-state index contributed by atoms with van der Waals surface area (Å²) in [6.45, 7) is 1.89. The monoisotopic (exact) mass is 433 g/mol. The standard InChI is InChI=1S/C21H19F4N5O/c22-14-1-2-18-16(8-14)19(29-20(28-18)27-15-4-6-31-11-15)30-5-3-17-12(10-30)7-13(9-26-17)21(23,24)25/h1-2,7-9,15H,3-6,10-11H2,(H,27,28,29). The molecule has 1 N–H and O–H groups in total. The van der Waals surface area contributed by atoms with Crippen molar-refractivity contribution in [2.75, 3.05) is 30.0 Å². The highest BCUT2D eigenvalue weighted by molar-refractivity contribution is 5.90. The molecule has 4 heterocycles. The molecule has 0 spiro atoms. The molecule has 31 heavy (non-hydrogen) atoms. The molecule has 2 aliphatic heterocycles. The van der Waals surface area contributed by atoms with E-state index >= 15 is 0 Å². The predicted octanol–water partition coefficient (Wildman–Crippen LogP) is 3.95. The highest BCUT2D eigenvalue weighted by atomic mass is 19.4. The molecule has 5 rings (SSSR count). The minimum atomic E-state index is -4.46. The SMILES string of the molecule is Fc1ccc2nc(NC3CCOC3)nc(N3CCc4ncc(C(F)(F)F)cc4C3)c2c1. The van der Waals surface area contributed by atoms with Crippen LogP contribution in [-0.2, 0) is 23.9 Å². The summed E-state index contributed by atoms with van der Waals surface area (Å²) in [7, 11) is 0. The average Bonchev–Trinajstić information content (AvgIpc) is 3.25. The third kappa shape index (κ3) is 3.99. The second-order valence-electron chi connectivity index (χ2n) is 7.74. The van der Waals surface area contributed by atoms with Crippen molar-refractivity contribution in [3.05, 3.63) is 53.1 Å². The van der Waals surface area contributed by atoms with E-state index in [1.54, 1.807) is 6.07 Å². The van der Waals surface area contributed by atoms with Gasteiger partial charge in [-0.05, 0) is 36.2 Å². The molecule has 1 unspecified atom stereocenters. The predicted molar refractivity (Wildman–Crippen MR) is 106 cm³/mol. The molecule has 162 valence electrons. The smallest absolute Gasteiger partial charge is 0.379 e. The minimum Gasteiger partial charge on any atom is -0.379 e. The van der Waals surface area contributed by atoms with E-state index in [0.717, 1.165) is 18.7 Å². The molecular formula is C21H19F4N5O. The van der Waals surface area contributed by atoms with Crippen molar-refractivity contribution in [3.8, 4) is 0 Å². The number of nitrogens with one attached hydrogen (secondary N) is 1. The van der Waals surface area contributed by atoms with Gasteiger partial charge in [-0.25, -0.2) is 9.37 Å². The van der Waals surface area contributed by atoms with E-state index in [2.05, 4.69) is 20.3 Å². The summed E-state index contributed by atoms with van der Waals surface area (Å²) in [5.41, 5.74) is 0.897. The van der Waals surface area contributed by atoms with Crippen LogP contribution in [-0.4, -0.2) is 40.8 Å². The molecule has 3 aromatic rings. The summed E-state index contributed by atoms with van der Waals surface area (Å²) >= 11 is 0. The zero-order valence-electron chi connectivity index (χ0n) is 16.4. The zero-order valence-corrected chi connectivity index (χ0v) is 16.4. The van der Waals surface area contributed by atoms with Gasteiger partial charge in [0.05, 0.1) is 23.7 Å². The third-order valence-corrected chi connectivity index (χ3v) is 5.57. The van der Waals surface area contributed by atoms with Crippen LogP contribution >= 0.6 is 0 Å². The molecular weight excluding hydrogens is 414 g/mol. The van der Waals surface area contributed by atoms with Crippen LogP contribution in [0.1, 0.15) is 23.2 Å². The summed E-state index contributed by atoms with van der Waals surface area (Å²) in [5, 5.41) is 3.76. The lowest BCUT2D eigenvalue weighted by Gasteiger charge is -2.30. The number of pyridine rings is 1. The average molecular weight is 433 g/mol. The fourth-order valence-corrected chi connectivity index (χ4v) is 3.98. The van der Waals surface area contributed by atoms with E-state index in [1.807, 2.05) is 4.90 Å². The van der Waals surface area contributed by atoms with Crippen molar-refractivity contribution >= 4 is 22.7 Å². The van der Waals surface area contributed by atoms with Gasteiger partial charge in [-0.2, -0.15) is 18.2 Å². The van der Waals surface area contributed by atoms with Crippen molar-refractivity contribution in [2.24, 2.45) is 0 Å². The van der Waals surface area contributed by atoms with Crippen LogP contribution in [0, 0.1) is 5.82 Å². The summed E-state index contributed by atoms with van der Waals surface area (Å²) in [5.74, 6) is 0.437. The highest BCUT2D eigenvalue weighted by Gasteiger charge is 2.33. The summed E-state index contributed by atoms with van der Waals surface area (Å²) in [6.07, 6.45) is -2.30. The number of anilines is 2. The Labute approximate surface area is 175 Å². The van der Waals surface area contributed by atoms with Crippen molar-refractivity contribution < 1.29 is 22.3 Å². The van der Waals surface area contributed by atoms with Crippen LogP contribution in [0.3, 0.4) is 0 Å². The van der Waals surface area contributed by atoms with E-state index in [1.165, 1.54) is 12.1 Å². The number of hydrogen-bond acceptors (Lipinski definition) is 6. The van der Waals surface area contributed by atoms with Gasteiger partial charge >= 0.3 is 6.18 Å². The molecule has 2 aromatic heterocycles. The van der Waals surface area contributed by atoms with Gasteiger partial charge < -0.3 is 15.0 Å². The molecule has 0 amide bonds. The van der Waals surface area contributed by atoms with Crippen molar-refractivity contribution in [1.29, 1.82) is 0 Å². The first-order valence-electron chi connectivity index (χ1n) is 9.98. The number of hydrogen-bond donors (Lipinski definition) is 1. The van der Waals surface area contributed by atoms with Gasteiger partial charge in [-0.15, -0.1) is 0 Å². The Morgan fingerprint density at radius 2 is 2.03 bits per heavy atom. The van der Waals surface area contributed by atoms with Crippen LogP contribution in [0.25, 0.3) is 10.9 Å². The summed E-state index contributed by atoms with van der Waals surface area (Å²) < 4.78 is 58.8. The number of alkyl halides is 3. The van der Waals surface area contributed by atoms with Crippen LogP contribution in [0.5, 0.6) is 0 Å². The first-order chi connectivity index (χ1) is 14.9. The van der Waals surface area contributed by atoms with Crippen LogP contribution in [0.15, 0.2) is 30.5 Å². The van der Waals surface area contributed by atoms with E-state index in [4.69, 9.17) is 4.74 Å². The number of benzene rings is 1. The van der Waals surface area contributed by atoms with Crippen molar-refractivity contribution in [1.82, 2.24) is 15.0 Å². The molecule has 0 aliphatic carbocycles. The van der Waals surface area contributed by atoms with Gasteiger partial charge in [0.1, 0.15) is 11.6 Å². The molecule has 0 radical (unpaired) electrons. The maximum atomic E-state index is 14.0. The van der Waals surface area contributed by atoms with E-state index in [0.29, 0.717) is 60.1 Å². The van der Waals surface area contributed by atoms with E-state index in [9.17, 15) is 17.6 Å². The molecule has 1 fully saturated rings. The Balaban J connectivity index is 1.53. The Kier molecular flexibility index (Phi) is 4.88. The highest BCUT2D eigenvalue weighted by Crippen LogP contribution is 2.33. The Bertz CT molecular complexity index is 1130. The number of nitrogens with zero attached hydrogens (tertiary/aromatic N) is 4. The maximum absolute atomic E-state index is 14.0. The Hall–Kier alpha value is -3.01. The quantitative estimate of drug-likeness (QED) is 0.632. The molecule has 2 aliphatic rings. The van der Waals surface area contributed by atoms with Gasteiger partial charge in [0.15, 0.2) is 0 Å². The number of ether oxygens (including phenoxy) is 1. The minimum absolute atomic E-state index is 0.0753. The normalized spacial score (nSPS) is 19.0. The van der Waals surface area contributed by atoms with Gasteiger partial charge in [0, 0.05) is 43.4 Å². The molecule has 1 saturated heterocycles. The maximum Gasteiger partial charge on any atom is 0.417 e. The molecule has 6 nitrogen and oxygen atoms in total. The molecule has 10 heteroatoms. The Morgan fingerprint density at radius 1 is 1.16 bits per heavy atom. The van der Waals surface area contributed by atoms with Crippen LogP contribution in [0.2, 0.25) is 0 Å². The van der Waals surface area contributed by atoms with Gasteiger partial charge in [0.25, 0.3) is 0 Å². The molecule has 0 bridgehead atoms. The van der Waals surface area contributed by atoms with E-state index in [-0.39, 0.29) is 12.6 Å². The van der Waals surface area contributed by atoms with Crippen LogP contribution < -0.4 is 10.2 Å². The second-order valence-corrected chi connectivity index (χ2v) is 7.74. The fourth-order valence-electron chi connectivity index (χ4n) is 3.98. The van der Waals surface area contributed by atoms with Gasteiger partial charge in [-0.3, -0.25) is 4.98 Å². The topological polar surface area (TPSA) is 63.2 Å². The number of halogens is 4. The number of fused-ring (bicyclic) bond motifs is 2. The Morgan fingerprint density at radius 3 is 2.81 bits per heavy atom. The van der Waals surface area contributed by atoms with Crippen LogP contribution in [0.4, 0.5) is 29.3 Å². The first kappa shape index (κ1) is 19.9. The van der Waals surface area contributed by atoms with Crippen molar-refractivity contribution in [3.63, 3.8) is 0 Å². The number of rotatable bonds is 3. The molecule has 1 aromatic carbocycles. The first-order valence-corrected chi connectivity index (χ1v) is 9.98. The van der Waals surface area contributed by atoms with E-state index < -0.39 is 17.6 Å². The van der Waals surface area contributed by atoms with Gasteiger partial charge in [0.2, 0.25) is 5.95 Å². The summed E-state index contributed by atoms with van der Waals surface area (Å²) in [4.78, 5) is 15.0. The molecule has 0 saturated carbocycles. The fraction of sp³-hybridized carbons (Fsp3) is 0.381. The second kappa shape index (κ2) is 7.60. The number of aromatic nitrogens is 3. The molecule has 1 atom stereocenters. The van der Waals surface area contributed by atoms with Gasteiger partial charge in [-0.1, -0.05) is 0 Å². The zero-order chi connectivity index (χ0) is 21.6. The summed E-state index contributed by atoms with van der Waals surface area (Å²) in [6, 6.07) is 5.46. The lowest BCUT2D eigenvalue weighted by Crippen LogP contribution is -2.32.